The van der Waals surface area contributed by atoms with Crippen LogP contribution in [0.1, 0.15) is 0 Å². The van der Waals surface area contributed by atoms with Crippen molar-refractivity contribution in [2.75, 3.05) is 5.73 Å². The van der Waals surface area contributed by atoms with Gasteiger partial charge in [0.1, 0.15) is 6.33 Å². The summed E-state index contributed by atoms with van der Waals surface area (Å²) in [5, 5.41) is 1.57. The van der Waals surface area contributed by atoms with E-state index in [0.717, 1.165) is 10.9 Å². The fourth-order valence-corrected chi connectivity index (χ4v) is 1.55. The Labute approximate surface area is 134 Å². The third-order valence-corrected chi connectivity index (χ3v) is 2.57. The molecule has 0 saturated heterocycles. The van der Waals surface area contributed by atoms with E-state index in [1.165, 1.54) is 6.33 Å². The Morgan fingerprint density at radius 1 is 0.900 bits per heavy atom. The summed E-state index contributed by atoms with van der Waals surface area (Å²) < 4.78 is 0. The lowest BCUT2D eigenvalue weighted by Crippen LogP contribution is -1.89. The molecule has 2 aromatic heterocycles. The van der Waals surface area contributed by atoms with Crippen LogP contribution in [-0.2, 0) is 0 Å². The van der Waals surface area contributed by atoms with Gasteiger partial charge in [-0.3, -0.25) is 4.98 Å². The lowest BCUT2D eigenvalue weighted by atomic mass is 10.2. The highest BCUT2D eigenvalue weighted by Crippen LogP contribution is 2.25. The molecule has 0 amide bonds. The quantitative estimate of drug-likeness (QED) is 0.636. The molecule has 7 heteroatoms. The number of pyridine rings is 1. The number of fused-ring (bicyclic) bond motifs is 1. The van der Waals surface area contributed by atoms with Gasteiger partial charge in [0.2, 0.25) is 0 Å². The standard InChI is InChI=1S/C9H7ClN2.C4H4N2.2ClH/c10-7-4-3-6-2-1-5-12-9(6)8(7)11;1-2-5-4-6-3-1;;/h1-5H,11H2;1-4H;2*1H. The number of aromatic nitrogens is 3. The molecule has 0 bridgehead atoms. The summed E-state index contributed by atoms with van der Waals surface area (Å²) in [4.78, 5) is 11.5. The molecule has 20 heavy (non-hydrogen) atoms. The van der Waals surface area contributed by atoms with Crippen molar-refractivity contribution in [1.82, 2.24) is 15.0 Å². The smallest absolute Gasteiger partial charge is 0.115 e. The summed E-state index contributed by atoms with van der Waals surface area (Å²) in [6.45, 7) is 0. The molecule has 1 aromatic carbocycles. The van der Waals surface area contributed by atoms with E-state index < -0.39 is 0 Å². The van der Waals surface area contributed by atoms with E-state index in [2.05, 4.69) is 15.0 Å². The van der Waals surface area contributed by atoms with E-state index in [-0.39, 0.29) is 24.8 Å². The van der Waals surface area contributed by atoms with Crippen LogP contribution in [0, 0.1) is 0 Å². The number of halogens is 3. The molecule has 0 unspecified atom stereocenters. The van der Waals surface area contributed by atoms with Crippen LogP contribution in [0.5, 0.6) is 0 Å². The van der Waals surface area contributed by atoms with Gasteiger partial charge in [0.05, 0.1) is 16.2 Å². The summed E-state index contributed by atoms with van der Waals surface area (Å²) in [7, 11) is 0. The van der Waals surface area contributed by atoms with E-state index in [0.29, 0.717) is 10.7 Å². The van der Waals surface area contributed by atoms with Gasteiger partial charge in [-0.05, 0) is 18.2 Å². The maximum Gasteiger partial charge on any atom is 0.115 e. The molecule has 0 aliphatic rings. The van der Waals surface area contributed by atoms with Crippen molar-refractivity contribution in [2.45, 2.75) is 0 Å². The van der Waals surface area contributed by atoms with E-state index in [4.69, 9.17) is 17.3 Å². The lowest BCUT2D eigenvalue weighted by Gasteiger charge is -2.01. The minimum atomic E-state index is 0. The number of benzene rings is 1. The Hall–Kier alpha value is -1.62. The molecule has 2 heterocycles. The highest BCUT2D eigenvalue weighted by molar-refractivity contribution is 6.34. The zero-order valence-electron chi connectivity index (χ0n) is 10.3. The SMILES string of the molecule is Cl.Cl.Nc1c(Cl)ccc2cccnc12.c1cncnc1. The minimum Gasteiger partial charge on any atom is -0.396 e. The minimum absolute atomic E-state index is 0. The Kier molecular flexibility index (Phi) is 8.56. The first-order valence-corrected chi connectivity index (χ1v) is 5.65. The maximum atomic E-state index is 5.82. The van der Waals surface area contributed by atoms with Gasteiger partial charge in [-0.1, -0.05) is 23.7 Å². The van der Waals surface area contributed by atoms with Crippen LogP contribution >= 0.6 is 36.4 Å². The Bertz CT molecular complexity index is 608. The van der Waals surface area contributed by atoms with Crippen LogP contribution in [0.4, 0.5) is 5.69 Å². The van der Waals surface area contributed by atoms with Crippen molar-refractivity contribution in [2.24, 2.45) is 0 Å². The van der Waals surface area contributed by atoms with Crippen LogP contribution in [0.15, 0.2) is 55.2 Å². The Morgan fingerprint density at radius 2 is 1.60 bits per heavy atom. The molecule has 0 saturated carbocycles. The van der Waals surface area contributed by atoms with Gasteiger partial charge in [0.15, 0.2) is 0 Å². The fraction of sp³-hybridized carbons (Fsp3) is 0. The molecule has 0 radical (unpaired) electrons. The largest absolute Gasteiger partial charge is 0.396 e. The first kappa shape index (κ1) is 18.4. The van der Waals surface area contributed by atoms with Crippen molar-refractivity contribution in [3.63, 3.8) is 0 Å². The van der Waals surface area contributed by atoms with Crippen molar-refractivity contribution < 1.29 is 0 Å². The second-order valence-electron chi connectivity index (χ2n) is 3.44. The van der Waals surface area contributed by atoms with Gasteiger partial charge in [-0.2, -0.15) is 0 Å². The van der Waals surface area contributed by atoms with Gasteiger partial charge in [0, 0.05) is 24.0 Å². The molecule has 3 rings (SSSR count). The number of nitrogens with two attached hydrogens (primary N) is 1. The number of nitrogens with zero attached hydrogens (tertiary/aromatic N) is 3. The fourth-order valence-electron chi connectivity index (χ4n) is 1.40. The van der Waals surface area contributed by atoms with Crippen molar-refractivity contribution in [3.8, 4) is 0 Å². The number of hydrogen-bond acceptors (Lipinski definition) is 4. The third kappa shape index (κ3) is 4.81. The zero-order chi connectivity index (χ0) is 12.8. The molecule has 0 fully saturated rings. The third-order valence-electron chi connectivity index (χ3n) is 2.24. The highest BCUT2D eigenvalue weighted by atomic mass is 35.5. The number of hydrogen-bond donors (Lipinski definition) is 1. The van der Waals surface area contributed by atoms with Gasteiger partial charge in [-0.25, -0.2) is 9.97 Å². The van der Waals surface area contributed by atoms with Crippen LogP contribution in [-0.4, -0.2) is 15.0 Å². The first-order chi connectivity index (χ1) is 8.79. The average molecular weight is 332 g/mol. The summed E-state index contributed by atoms with van der Waals surface area (Å²) in [5.74, 6) is 0. The van der Waals surface area contributed by atoms with E-state index >= 15 is 0 Å². The Morgan fingerprint density at radius 3 is 2.15 bits per heavy atom. The molecule has 4 nitrogen and oxygen atoms in total. The summed E-state index contributed by atoms with van der Waals surface area (Å²) in [6, 6.07) is 9.28. The van der Waals surface area contributed by atoms with Crippen LogP contribution in [0.3, 0.4) is 0 Å². The lowest BCUT2D eigenvalue weighted by molar-refractivity contribution is 1.17. The molecule has 0 spiro atoms. The number of nitrogen functional groups attached to an aromatic ring is 1. The van der Waals surface area contributed by atoms with Crippen LogP contribution in [0.2, 0.25) is 5.02 Å². The Balaban J connectivity index is 0.000000390. The zero-order valence-corrected chi connectivity index (χ0v) is 12.7. The second-order valence-corrected chi connectivity index (χ2v) is 3.85. The van der Waals surface area contributed by atoms with E-state index in [1.54, 1.807) is 30.7 Å². The molecule has 0 atom stereocenters. The van der Waals surface area contributed by atoms with Crippen molar-refractivity contribution >= 4 is 53.0 Å². The molecular weight excluding hydrogens is 319 g/mol. The van der Waals surface area contributed by atoms with Gasteiger partial charge < -0.3 is 5.73 Å². The highest BCUT2D eigenvalue weighted by Gasteiger charge is 2.01. The van der Waals surface area contributed by atoms with Gasteiger partial charge >= 0.3 is 0 Å². The molecular formula is C13H13Cl3N4. The average Bonchev–Trinajstić information content (AvgIpc) is 2.46. The van der Waals surface area contributed by atoms with Gasteiger partial charge in [-0.15, -0.1) is 24.8 Å². The van der Waals surface area contributed by atoms with E-state index in [1.807, 2.05) is 18.2 Å². The predicted octanol–water partition coefficient (Wildman–Crippen LogP) is 3.79. The molecule has 3 aromatic rings. The first-order valence-electron chi connectivity index (χ1n) is 5.27. The summed E-state index contributed by atoms with van der Waals surface area (Å²) >= 11 is 5.82. The molecule has 106 valence electrons. The number of rotatable bonds is 0. The van der Waals surface area contributed by atoms with Crippen LogP contribution in [0.25, 0.3) is 10.9 Å². The summed E-state index contributed by atoms with van der Waals surface area (Å²) in [6.07, 6.45) is 6.58. The number of anilines is 1. The van der Waals surface area contributed by atoms with Gasteiger partial charge in [0.25, 0.3) is 0 Å². The molecule has 0 aliphatic heterocycles. The molecule has 2 N–H and O–H groups in total. The topological polar surface area (TPSA) is 64.7 Å². The van der Waals surface area contributed by atoms with Crippen LogP contribution < -0.4 is 5.73 Å². The van der Waals surface area contributed by atoms with Crippen molar-refractivity contribution in [1.29, 1.82) is 0 Å². The summed E-state index contributed by atoms with van der Waals surface area (Å²) in [5.41, 5.74) is 7.04. The monoisotopic (exact) mass is 330 g/mol. The molecule has 0 aliphatic carbocycles. The van der Waals surface area contributed by atoms with E-state index in [9.17, 15) is 0 Å². The second kappa shape index (κ2) is 9.31. The normalized spacial score (nSPS) is 8.65. The maximum absolute atomic E-state index is 5.82. The predicted molar refractivity (Wildman–Crippen MR) is 87.7 cm³/mol. The van der Waals surface area contributed by atoms with Crippen molar-refractivity contribution in [3.05, 3.63) is 60.3 Å².